The van der Waals surface area contributed by atoms with E-state index in [0.717, 1.165) is 22.4 Å². The zero-order chi connectivity index (χ0) is 16.4. The summed E-state index contributed by atoms with van der Waals surface area (Å²) < 4.78 is 2.00. The number of fused-ring (bicyclic) bond motifs is 1. The van der Waals surface area contributed by atoms with Gasteiger partial charge in [0.2, 0.25) is 0 Å². The summed E-state index contributed by atoms with van der Waals surface area (Å²) in [6.07, 6.45) is 0.637. The van der Waals surface area contributed by atoms with Gasteiger partial charge in [0.1, 0.15) is 5.82 Å². The van der Waals surface area contributed by atoms with Crippen molar-refractivity contribution in [3.63, 3.8) is 0 Å². The highest BCUT2D eigenvalue weighted by atomic mass is 35.5. The van der Waals surface area contributed by atoms with Gasteiger partial charge in [-0.3, -0.25) is 4.79 Å². The lowest BCUT2D eigenvalue weighted by Crippen LogP contribution is -2.18. The number of aromatic nitrogens is 2. The molecule has 5 heteroatoms. The third-order valence-electron chi connectivity index (χ3n) is 3.89. The molecule has 0 radical (unpaired) electrons. The van der Waals surface area contributed by atoms with Crippen molar-refractivity contribution < 1.29 is 9.90 Å². The van der Waals surface area contributed by atoms with E-state index < -0.39 is 11.9 Å². The summed E-state index contributed by atoms with van der Waals surface area (Å²) in [5.74, 6) is -0.418. The molecule has 23 heavy (non-hydrogen) atoms. The topological polar surface area (TPSA) is 55.1 Å². The second-order valence-corrected chi connectivity index (χ2v) is 6.11. The molecule has 3 aromatic rings. The minimum atomic E-state index is -0.805. The molecule has 0 spiro atoms. The molecule has 1 N–H and O–H groups in total. The van der Waals surface area contributed by atoms with E-state index in [2.05, 4.69) is 4.98 Å². The Morgan fingerprint density at radius 1 is 1.22 bits per heavy atom. The maximum absolute atomic E-state index is 11.2. The van der Waals surface area contributed by atoms with Gasteiger partial charge in [0.05, 0.1) is 17.0 Å². The van der Waals surface area contributed by atoms with E-state index in [4.69, 9.17) is 11.6 Å². The molecule has 2 aromatic carbocycles. The van der Waals surface area contributed by atoms with Gasteiger partial charge >= 0.3 is 5.97 Å². The average Bonchev–Trinajstić information content (AvgIpc) is 2.87. The maximum Gasteiger partial charge on any atom is 0.308 e. The van der Waals surface area contributed by atoms with Crippen LogP contribution < -0.4 is 0 Å². The molecule has 4 nitrogen and oxygen atoms in total. The summed E-state index contributed by atoms with van der Waals surface area (Å²) in [5.41, 5.74) is 2.94. The van der Waals surface area contributed by atoms with E-state index in [1.165, 1.54) is 0 Å². The van der Waals surface area contributed by atoms with Crippen LogP contribution in [0.1, 0.15) is 18.3 Å². The number of rotatable bonds is 5. The lowest BCUT2D eigenvalue weighted by atomic mass is 10.1. The van der Waals surface area contributed by atoms with Crippen molar-refractivity contribution in [2.45, 2.75) is 19.9 Å². The number of carboxylic acids is 1. The molecule has 0 aliphatic carbocycles. The Morgan fingerprint density at radius 3 is 2.61 bits per heavy atom. The molecule has 1 aromatic heterocycles. The second kappa shape index (κ2) is 6.42. The number of carbonyl (C=O) groups is 1. The Morgan fingerprint density at radius 2 is 1.91 bits per heavy atom. The first kappa shape index (κ1) is 15.6. The van der Waals surface area contributed by atoms with E-state index in [1.54, 1.807) is 6.92 Å². The summed E-state index contributed by atoms with van der Waals surface area (Å²) in [7, 11) is 0. The molecule has 0 unspecified atom stereocenters. The van der Waals surface area contributed by atoms with Crippen molar-refractivity contribution in [1.82, 2.24) is 9.55 Å². The normalized spacial score (nSPS) is 12.4. The Bertz CT molecular complexity index is 840. The number of imidazole rings is 1. The first-order valence-electron chi connectivity index (χ1n) is 7.46. The molecule has 1 atom stereocenters. The van der Waals surface area contributed by atoms with Gasteiger partial charge in [-0.25, -0.2) is 4.98 Å². The highest BCUT2D eigenvalue weighted by Gasteiger charge is 2.17. The molecule has 0 bridgehead atoms. The van der Waals surface area contributed by atoms with E-state index >= 15 is 0 Å². The van der Waals surface area contributed by atoms with Crippen molar-refractivity contribution >= 4 is 28.6 Å². The number of aliphatic carboxylic acids is 1. The van der Waals surface area contributed by atoms with Gasteiger partial charge in [-0.2, -0.15) is 0 Å². The molecule has 118 valence electrons. The van der Waals surface area contributed by atoms with E-state index in [1.807, 2.05) is 53.1 Å². The van der Waals surface area contributed by atoms with E-state index in [9.17, 15) is 9.90 Å². The molecule has 0 saturated carbocycles. The van der Waals surface area contributed by atoms with Gasteiger partial charge in [0.25, 0.3) is 0 Å². The third-order valence-corrected chi connectivity index (χ3v) is 4.14. The fourth-order valence-electron chi connectivity index (χ4n) is 2.60. The lowest BCUT2D eigenvalue weighted by molar-refractivity contribution is -0.141. The van der Waals surface area contributed by atoms with Crippen LogP contribution in [-0.4, -0.2) is 20.6 Å². The predicted octanol–water partition coefficient (Wildman–Crippen LogP) is 4.00. The van der Waals surface area contributed by atoms with Gasteiger partial charge in [-0.1, -0.05) is 42.8 Å². The highest BCUT2D eigenvalue weighted by Crippen LogP contribution is 2.21. The summed E-state index contributed by atoms with van der Waals surface area (Å²) >= 11 is 5.93. The van der Waals surface area contributed by atoms with E-state index in [-0.39, 0.29) is 0 Å². The van der Waals surface area contributed by atoms with Crippen LogP contribution in [0.25, 0.3) is 11.0 Å². The monoisotopic (exact) mass is 328 g/mol. The number of halogens is 1. The van der Waals surface area contributed by atoms with Crippen LogP contribution in [0.15, 0.2) is 48.5 Å². The first-order valence-corrected chi connectivity index (χ1v) is 7.84. The molecular formula is C18H17ClN2O2. The predicted molar refractivity (Wildman–Crippen MR) is 90.8 cm³/mol. The van der Waals surface area contributed by atoms with E-state index in [0.29, 0.717) is 18.0 Å². The number of benzene rings is 2. The smallest absolute Gasteiger partial charge is 0.308 e. The Labute approximate surface area is 139 Å². The van der Waals surface area contributed by atoms with Crippen molar-refractivity contribution in [3.05, 3.63) is 64.9 Å². The summed E-state index contributed by atoms with van der Waals surface area (Å²) in [6, 6.07) is 15.4. The molecule has 0 fully saturated rings. The minimum Gasteiger partial charge on any atom is -0.481 e. The fourth-order valence-corrected chi connectivity index (χ4v) is 2.73. The number of nitrogens with zero attached hydrogens (tertiary/aromatic N) is 2. The van der Waals surface area contributed by atoms with Gasteiger partial charge in [0, 0.05) is 18.0 Å². The second-order valence-electron chi connectivity index (χ2n) is 5.67. The highest BCUT2D eigenvalue weighted by molar-refractivity contribution is 6.30. The molecule has 0 aliphatic rings. The molecule has 3 rings (SSSR count). The van der Waals surface area contributed by atoms with Crippen molar-refractivity contribution in [1.29, 1.82) is 0 Å². The van der Waals surface area contributed by atoms with Crippen molar-refractivity contribution in [3.8, 4) is 0 Å². The minimum absolute atomic E-state index is 0.402. The van der Waals surface area contributed by atoms with Crippen LogP contribution in [0.2, 0.25) is 5.02 Å². The number of para-hydroxylation sites is 2. The van der Waals surface area contributed by atoms with Gasteiger partial charge in [-0.05, 0) is 29.8 Å². The Kier molecular flexibility index (Phi) is 4.35. The van der Waals surface area contributed by atoms with Crippen molar-refractivity contribution in [2.75, 3.05) is 0 Å². The standard InChI is InChI=1S/C18H17ClN2O2/c1-12(18(22)23)11-21-16-5-3-2-4-15(16)20-17(21)10-13-6-8-14(19)9-7-13/h2-9,12H,10-11H2,1H3,(H,22,23)/t12-/m1/s1. The van der Waals surface area contributed by atoms with Gasteiger partial charge in [0.15, 0.2) is 0 Å². The zero-order valence-corrected chi connectivity index (χ0v) is 13.5. The van der Waals surface area contributed by atoms with Crippen LogP contribution in [0.5, 0.6) is 0 Å². The van der Waals surface area contributed by atoms with Crippen LogP contribution in [-0.2, 0) is 17.8 Å². The Hall–Kier alpha value is -2.33. The van der Waals surface area contributed by atoms with Crippen LogP contribution in [0.4, 0.5) is 0 Å². The number of hydrogen-bond acceptors (Lipinski definition) is 2. The molecule has 0 amide bonds. The van der Waals surface area contributed by atoms with Crippen LogP contribution in [0.3, 0.4) is 0 Å². The molecule has 0 saturated heterocycles. The Balaban J connectivity index is 2.00. The molecule has 1 heterocycles. The lowest BCUT2D eigenvalue weighted by Gasteiger charge is -2.12. The summed E-state index contributed by atoms with van der Waals surface area (Å²) in [6.45, 7) is 2.11. The first-order chi connectivity index (χ1) is 11.0. The van der Waals surface area contributed by atoms with Crippen molar-refractivity contribution in [2.24, 2.45) is 5.92 Å². The number of hydrogen-bond donors (Lipinski definition) is 1. The van der Waals surface area contributed by atoms with Crippen LogP contribution in [0, 0.1) is 5.92 Å². The zero-order valence-electron chi connectivity index (χ0n) is 12.7. The quantitative estimate of drug-likeness (QED) is 0.770. The maximum atomic E-state index is 11.2. The summed E-state index contributed by atoms with van der Waals surface area (Å²) in [5, 5.41) is 9.91. The van der Waals surface area contributed by atoms with Crippen LogP contribution >= 0.6 is 11.6 Å². The summed E-state index contributed by atoms with van der Waals surface area (Å²) in [4.78, 5) is 15.9. The fraction of sp³-hybridized carbons (Fsp3) is 0.222. The number of carboxylic acid groups (broad SMARTS) is 1. The SMILES string of the molecule is C[C@H](Cn1c(Cc2ccc(Cl)cc2)nc2ccccc21)C(=O)O. The van der Waals surface area contributed by atoms with Gasteiger partial charge < -0.3 is 9.67 Å². The third kappa shape index (κ3) is 3.37. The molecule has 0 aliphatic heterocycles. The largest absolute Gasteiger partial charge is 0.481 e. The average molecular weight is 329 g/mol. The van der Waals surface area contributed by atoms with Gasteiger partial charge in [-0.15, -0.1) is 0 Å². The molecular weight excluding hydrogens is 312 g/mol.